The summed E-state index contributed by atoms with van der Waals surface area (Å²) in [7, 11) is 2.96. The highest BCUT2D eigenvalue weighted by atomic mass is 16.6. The molecular weight excluding hydrogens is 318 g/mol. The van der Waals surface area contributed by atoms with Gasteiger partial charge >= 0.3 is 5.97 Å². The number of carbonyl (C=O) groups is 2. The van der Waals surface area contributed by atoms with Crippen molar-refractivity contribution in [2.24, 2.45) is 0 Å². The number of benzene rings is 1. The van der Waals surface area contributed by atoms with E-state index in [2.05, 4.69) is 5.32 Å². The lowest BCUT2D eigenvalue weighted by atomic mass is 10.1. The fourth-order valence-corrected chi connectivity index (χ4v) is 2.02. The summed E-state index contributed by atoms with van der Waals surface area (Å²) < 4.78 is 20.7. The van der Waals surface area contributed by atoms with Crippen LogP contribution in [0.5, 0.6) is 23.0 Å². The van der Waals surface area contributed by atoms with Crippen LogP contribution in [-0.4, -0.2) is 31.2 Å². The SMILES string of the molecule is COc1cc(OC)cc(-c2oc(NC(C)=O)c(OC(C)=O)c2O)c1. The number of anilines is 1. The van der Waals surface area contributed by atoms with Gasteiger partial charge in [0.2, 0.25) is 23.3 Å². The smallest absolute Gasteiger partial charge is 0.308 e. The van der Waals surface area contributed by atoms with Crippen LogP contribution in [0.1, 0.15) is 13.8 Å². The Morgan fingerprint density at radius 1 is 1.08 bits per heavy atom. The summed E-state index contributed by atoms with van der Waals surface area (Å²) >= 11 is 0. The summed E-state index contributed by atoms with van der Waals surface area (Å²) in [6.45, 7) is 2.42. The van der Waals surface area contributed by atoms with Crippen molar-refractivity contribution in [1.82, 2.24) is 0 Å². The summed E-state index contributed by atoms with van der Waals surface area (Å²) in [5, 5.41) is 12.7. The number of esters is 1. The quantitative estimate of drug-likeness (QED) is 0.808. The Balaban J connectivity index is 2.60. The van der Waals surface area contributed by atoms with E-state index in [4.69, 9.17) is 18.6 Å². The zero-order valence-corrected chi connectivity index (χ0v) is 13.6. The Hall–Kier alpha value is -3.16. The van der Waals surface area contributed by atoms with Crippen molar-refractivity contribution in [3.05, 3.63) is 18.2 Å². The van der Waals surface area contributed by atoms with E-state index in [0.29, 0.717) is 17.1 Å². The first kappa shape index (κ1) is 17.2. The van der Waals surface area contributed by atoms with Gasteiger partial charge in [0.1, 0.15) is 11.5 Å². The van der Waals surface area contributed by atoms with E-state index in [0.717, 1.165) is 6.92 Å². The minimum atomic E-state index is -0.674. The average Bonchev–Trinajstić information content (AvgIpc) is 2.82. The van der Waals surface area contributed by atoms with E-state index in [1.807, 2.05) is 0 Å². The van der Waals surface area contributed by atoms with E-state index in [1.54, 1.807) is 18.2 Å². The number of hydrogen-bond acceptors (Lipinski definition) is 7. The fourth-order valence-electron chi connectivity index (χ4n) is 2.02. The predicted octanol–water partition coefficient (Wildman–Crippen LogP) is 2.55. The van der Waals surface area contributed by atoms with Gasteiger partial charge in [0, 0.05) is 25.5 Å². The second kappa shape index (κ2) is 6.95. The molecule has 0 spiro atoms. The highest BCUT2D eigenvalue weighted by Crippen LogP contribution is 2.47. The van der Waals surface area contributed by atoms with Gasteiger partial charge in [-0.25, -0.2) is 0 Å². The molecule has 0 fully saturated rings. The molecule has 0 radical (unpaired) electrons. The maximum atomic E-state index is 11.3. The third-order valence-corrected chi connectivity index (χ3v) is 2.99. The molecule has 0 aliphatic heterocycles. The number of ether oxygens (including phenoxy) is 3. The van der Waals surface area contributed by atoms with Crippen LogP contribution in [0, 0.1) is 0 Å². The number of amides is 1. The second-order valence-electron chi connectivity index (χ2n) is 4.81. The maximum Gasteiger partial charge on any atom is 0.308 e. The first-order valence-corrected chi connectivity index (χ1v) is 6.91. The fraction of sp³-hybridized carbons (Fsp3) is 0.250. The lowest BCUT2D eigenvalue weighted by Gasteiger charge is -2.07. The number of hydrogen-bond donors (Lipinski definition) is 2. The van der Waals surface area contributed by atoms with Crippen molar-refractivity contribution >= 4 is 17.8 Å². The number of rotatable bonds is 5. The van der Waals surface area contributed by atoms with Crippen molar-refractivity contribution in [2.45, 2.75) is 13.8 Å². The van der Waals surface area contributed by atoms with Crippen LogP contribution >= 0.6 is 0 Å². The van der Waals surface area contributed by atoms with E-state index in [9.17, 15) is 14.7 Å². The minimum absolute atomic E-state index is 0.00722. The number of carbonyl (C=O) groups excluding carboxylic acids is 2. The van der Waals surface area contributed by atoms with Crippen molar-refractivity contribution in [3.8, 4) is 34.3 Å². The molecule has 24 heavy (non-hydrogen) atoms. The Labute approximate surface area is 137 Å². The molecule has 2 N–H and O–H groups in total. The summed E-state index contributed by atoms with van der Waals surface area (Å²) in [6.07, 6.45) is 0. The van der Waals surface area contributed by atoms with Gasteiger partial charge < -0.3 is 23.7 Å². The Morgan fingerprint density at radius 3 is 2.12 bits per heavy atom. The van der Waals surface area contributed by atoms with Crippen LogP contribution in [0.2, 0.25) is 0 Å². The number of aromatic hydroxyl groups is 1. The monoisotopic (exact) mass is 335 g/mol. The molecule has 0 aliphatic rings. The molecule has 0 atom stereocenters. The van der Waals surface area contributed by atoms with Crippen molar-refractivity contribution < 1.29 is 33.3 Å². The molecule has 1 heterocycles. The first-order valence-electron chi connectivity index (χ1n) is 6.91. The Morgan fingerprint density at radius 2 is 1.67 bits per heavy atom. The standard InChI is InChI=1S/C16H17NO7/c1-8(18)17-16-15(23-9(2)19)13(20)14(24-16)10-5-11(21-3)7-12(6-10)22-4/h5-7,20H,1-4H3,(H,17,18). The van der Waals surface area contributed by atoms with Crippen LogP contribution in [0.15, 0.2) is 22.6 Å². The molecule has 2 aromatic rings. The summed E-state index contributed by atoms with van der Waals surface area (Å²) in [6, 6.07) is 4.83. The van der Waals surface area contributed by atoms with Crippen LogP contribution in [0.25, 0.3) is 11.3 Å². The molecule has 0 bridgehead atoms. The number of furan rings is 1. The lowest BCUT2D eigenvalue weighted by Crippen LogP contribution is -2.08. The van der Waals surface area contributed by atoms with Gasteiger partial charge in [-0.2, -0.15) is 0 Å². The van der Waals surface area contributed by atoms with Gasteiger partial charge in [0.05, 0.1) is 14.2 Å². The molecular formula is C16H17NO7. The highest BCUT2D eigenvalue weighted by molar-refractivity contribution is 5.91. The zero-order valence-electron chi connectivity index (χ0n) is 13.6. The molecule has 128 valence electrons. The van der Waals surface area contributed by atoms with Crippen molar-refractivity contribution in [2.75, 3.05) is 19.5 Å². The third-order valence-electron chi connectivity index (χ3n) is 2.99. The van der Waals surface area contributed by atoms with E-state index in [-0.39, 0.29) is 17.4 Å². The molecule has 2 rings (SSSR count). The Kier molecular flexibility index (Phi) is 4.98. The predicted molar refractivity (Wildman–Crippen MR) is 84.5 cm³/mol. The molecule has 0 saturated carbocycles. The van der Waals surface area contributed by atoms with Gasteiger partial charge in [0.25, 0.3) is 0 Å². The maximum absolute atomic E-state index is 11.3. The first-order chi connectivity index (χ1) is 11.3. The topological polar surface area (TPSA) is 107 Å². The van der Waals surface area contributed by atoms with Gasteiger partial charge in [-0.05, 0) is 12.1 Å². The van der Waals surface area contributed by atoms with E-state index < -0.39 is 17.6 Å². The molecule has 1 aromatic carbocycles. The summed E-state index contributed by atoms with van der Waals surface area (Å²) in [5.74, 6) is -1.07. The van der Waals surface area contributed by atoms with E-state index in [1.165, 1.54) is 21.1 Å². The van der Waals surface area contributed by atoms with Crippen molar-refractivity contribution in [1.29, 1.82) is 0 Å². The van der Waals surface area contributed by atoms with Gasteiger partial charge in [-0.15, -0.1) is 0 Å². The molecule has 1 aromatic heterocycles. The minimum Gasteiger partial charge on any atom is -0.502 e. The zero-order chi connectivity index (χ0) is 17.9. The Bertz CT molecular complexity index is 757. The largest absolute Gasteiger partial charge is 0.502 e. The van der Waals surface area contributed by atoms with Gasteiger partial charge in [-0.1, -0.05) is 0 Å². The molecule has 0 aliphatic carbocycles. The highest BCUT2D eigenvalue weighted by Gasteiger charge is 2.25. The van der Waals surface area contributed by atoms with Gasteiger partial charge in [-0.3, -0.25) is 14.9 Å². The van der Waals surface area contributed by atoms with Crippen molar-refractivity contribution in [3.63, 3.8) is 0 Å². The molecule has 0 saturated heterocycles. The van der Waals surface area contributed by atoms with Gasteiger partial charge in [0.15, 0.2) is 5.76 Å². The normalized spacial score (nSPS) is 10.2. The van der Waals surface area contributed by atoms with Crippen LogP contribution in [0.3, 0.4) is 0 Å². The molecule has 1 amide bonds. The third kappa shape index (κ3) is 3.60. The van der Waals surface area contributed by atoms with E-state index >= 15 is 0 Å². The second-order valence-corrected chi connectivity index (χ2v) is 4.81. The summed E-state index contributed by atoms with van der Waals surface area (Å²) in [4.78, 5) is 22.5. The molecule has 0 unspecified atom stereocenters. The lowest BCUT2D eigenvalue weighted by molar-refractivity contribution is -0.132. The van der Waals surface area contributed by atoms with Crippen LogP contribution in [-0.2, 0) is 9.59 Å². The van der Waals surface area contributed by atoms with Crippen LogP contribution in [0.4, 0.5) is 5.88 Å². The molecule has 8 nitrogen and oxygen atoms in total. The number of nitrogens with one attached hydrogen (secondary N) is 1. The molecule has 8 heteroatoms. The summed E-state index contributed by atoms with van der Waals surface area (Å²) in [5.41, 5.74) is 0.411. The van der Waals surface area contributed by atoms with Crippen LogP contribution < -0.4 is 19.5 Å². The number of methoxy groups -OCH3 is 2. The average molecular weight is 335 g/mol.